The highest BCUT2D eigenvalue weighted by Crippen LogP contribution is 2.18. The molecule has 0 fully saturated rings. The highest BCUT2D eigenvalue weighted by atomic mass is 79.9. The molecule has 0 aliphatic carbocycles. The number of nitrogens with one attached hydrogen (secondary N) is 1. The Balaban J connectivity index is 3.20. The minimum absolute atomic E-state index is 0.227. The number of carbonyl (C=O) groups is 4. The number of carboxylic acid groups (broad SMARTS) is 1. The van der Waals surface area contributed by atoms with Gasteiger partial charge in [-0.15, -0.1) is 0 Å². The van der Waals surface area contributed by atoms with E-state index in [4.69, 9.17) is 9.84 Å². The molecule has 8 nitrogen and oxygen atoms in total. The van der Waals surface area contributed by atoms with Crippen molar-refractivity contribution in [2.45, 2.75) is 38.8 Å². The van der Waals surface area contributed by atoms with Crippen LogP contribution in [-0.4, -0.2) is 47.7 Å². The first-order chi connectivity index (χ1) is 12.4. The molecule has 0 aliphatic heterocycles. The van der Waals surface area contributed by atoms with E-state index < -0.39 is 47.8 Å². The average Bonchev–Trinajstić information content (AvgIpc) is 2.55. The van der Waals surface area contributed by atoms with Gasteiger partial charge in [-0.25, -0.2) is 4.79 Å². The first-order valence-corrected chi connectivity index (χ1v) is 8.83. The number of carboxylic acids is 1. The van der Waals surface area contributed by atoms with Gasteiger partial charge in [-0.3, -0.25) is 14.4 Å². The van der Waals surface area contributed by atoms with Gasteiger partial charge in [0.2, 0.25) is 0 Å². The first kappa shape index (κ1) is 22.6. The van der Waals surface area contributed by atoms with Gasteiger partial charge in [-0.2, -0.15) is 0 Å². The van der Waals surface area contributed by atoms with E-state index in [2.05, 4.69) is 26.0 Å². The third-order valence-corrected chi connectivity index (χ3v) is 3.88. The Morgan fingerprint density at radius 2 is 1.67 bits per heavy atom. The third kappa shape index (κ3) is 7.38. The zero-order valence-electron chi connectivity index (χ0n) is 15.4. The van der Waals surface area contributed by atoms with E-state index in [1.54, 1.807) is 32.9 Å². The summed E-state index contributed by atoms with van der Waals surface area (Å²) in [6.07, 6.45) is -0.711. The van der Waals surface area contributed by atoms with Crippen molar-refractivity contribution in [3.63, 3.8) is 0 Å². The zero-order chi connectivity index (χ0) is 20.8. The molecule has 1 amide bonds. The Labute approximate surface area is 165 Å². The van der Waals surface area contributed by atoms with Crippen molar-refractivity contribution in [1.82, 2.24) is 5.32 Å². The van der Waals surface area contributed by atoms with Gasteiger partial charge in [-0.1, -0.05) is 15.9 Å². The largest absolute Gasteiger partial charge is 0.481 e. The summed E-state index contributed by atoms with van der Waals surface area (Å²) in [6.45, 7) is 4.84. The maximum Gasteiger partial charge on any atom is 0.330 e. The molecule has 1 aromatic carbocycles. The molecular formula is C18H22BrNO7. The fourth-order valence-corrected chi connectivity index (χ4v) is 2.46. The number of hydrogen-bond acceptors (Lipinski definition) is 6. The van der Waals surface area contributed by atoms with E-state index in [0.717, 1.165) is 11.6 Å². The Hall–Kier alpha value is -2.42. The molecule has 27 heavy (non-hydrogen) atoms. The van der Waals surface area contributed by atoms with Crippen LogP contribution in [0.25, 0.3) is 0 Å². The monoisotopic (exact) mass is 443 g/mol. The fourth-order valence-electron chi connectivity index (χ4n) is 2.19. The number of hydrogen-bond donors (Lipinski definition) is 2. The summed E-state index contributed by atoms with van der Waals surface area (Å²) in [7, 11) is 1.07. The Morgan fingerprint density at radius 3 is 2.11 bits per heavy atom. The predicted octanol–water partition coefficient (Wildman–Crippen LogP) is 2.15. The third-order valence-electron chi connectivity index (χ3n) is 3.35. The molecule has 0 saturated carbocycles. The molecule has 1 rings (SSSR count). The number of amides is 1. The number of ether oxygens (including phenoxy) is 2. The molecule has 2 atom stereocenters. The van der Waals surface area contributed by atoms with E-state index >= 15 is 0 Å². The summed E-state index contributed by atoms with van der Waals surface area (Å²) >= 11 is 3.25. The lowest BCUT2D eigenvalue weighted by atomic mass is 9.95. The number of methoxy groups -OCH3 is 1. The first-order valence-electron chi connectivity index (χ1n) is 8.03. The maximum atomic E-state index is 12.6. The van der Waals surface area contributed by atoms with Crippen molar-refractivity contribution in [2.24, 2.45) is 5.92 Å². The molecular weight excluding hydrogens is 422 g/mol. The number of carbonyl (C=O) groups excluding carboxylic acids is 3. The molecule has 148 valence electrons. The van der Waals surface area contributed by atoms with Crippen LogP contribution in [-0.2, 0) is 23.9 Å². The van der Waals surface area contributed by atoms with Crippen LogP contribution in [0.1, 0.15) is 37.6 Å². The van der Waals surface area contributed by atoms with Gasteiger partial charge in [-0.05, 0) is 45.0 Å². The lowest BCUT2D eigenvalue weighted by Gasteiger charge is -2.28. The molecule has 0 spiro atoms. The quantitative estimate of drug-likeness (QED) is 0.619. The van der Waals surface area contributed by atoms with Crippen molar-refractivity contribution in [2.75, 3.05) is 7.11 Å². The second-order valence-electron chi connectivity index (χ2n) is 6.72. The highest BCUT2D eigenvalue weighted by Gasteiger charge is 2.40. The van der Waals surface area contributed by atoms with Crippen molar-refractivity contribution in [3.05, 3.63) is 34.3 Å². The van der Waals surface area contributed by atoms with Crippen molar-refractivity contribution < 1.29 is 33.8 Å². The molecule has 0 aromatic heterocycles. The molecule has 0 radical (unpaired) electrons. The van der Waals surface area contributed by atoms with Gasteiger partial charge in [0, 0.05) is 10.0 Å². The van der Waals surface area contributed by atoms with Crippen LogP contribution in [0.4, 0.5) is 0 Å². The summed E-state index contributed by atoms with van der Waals surface area (Å²) < 4.78 is 10.6. The fraction of sp³-hybridized carbons (Fsp3) is 0.444. The summed E-state index contributed by atoms with van der Waals surface area (Å²) in [4.78, 5) is 48.3. The van der Waals surface area contributed by atoms with Crippen LogP contribution >= 0.6 is 15.9 Å². The van der Waals surface area contributed by atoms with Crippen LogP contribution in [0, 0.1) is 5.92 Å². The smallest absolute Gasteiger partial charge is 0.330 e. The minimum Gasteiger partial charge on any atom is -0.481 e. The van der Waals surface area contributed by atoms with Gasteiger partial charge >= 0.3 is 17.9 Å². The van der Waals surface area contributed by atoms with E-state index in [1.165, 1.54) is 12.1 Å². The topological polar surface area (TPSA) is 119 Å². The highest BCUT2D eigenvalue weighted by molar-refractivity contribution is 9.10. The normalized spacial score (nSPS) is 13.2. The van der Waals surface area contributed by atoms with Crippen LogP contribution in [0.3, 0.4) is 0 Å². The van der Waals surface area contributed by atoms with Gasteiger partial charge in [0.25, 0.3) is 5.91 Å². The van der Waals surface area contributed by atoms with Crippen molar-refractivity contribution >= 4 is 39.7 Å². The lowest BCUT2D eigenvalue weighted by molar-refractivity contribution is -0.165. The Kier molecular flexibility index (Phi) is 7.96. The van der Waals surface area contributed by atoms with E-state index in [9.17, 15) is 19.2 Å². The standard InChI is InChI=1S/C18H22BrNO7/c1-18(2,3)27-17(25)14(12(9-13(21)22)16(24)26-4)20-15(23)10-5-7-11(19)8-6-10/h5-8,12,14H,9H2,1-4H3,(H,20,23)(H,21,22)/t12-,14+/m1/s1. The molecule has 0 unspecified atom stereocenters. The van der Waals surface area contributed by atoms with Crippen LogP contribution in [0.2, 0.25) is 0 Å². The van der Waals surface area contributed by atoms with E-state index in [1.807, 2.05) is 0 Å². The molecule has 0 aliphatic rings. The molecule has 0 bridgehead atoms. The number of halogens is 1. The van der Waals surface area contributed by atoms with Gasteiger partial charge in [0.15, 0.2) is 0 Å². The van der Waals surface area contributed by atoms with Gasteiger partial charge in [0.05, 0.1) is 19.4 Å². The van der Waals surface area contributed by atoms with Crippen LogP contribution < -0.4 is 5.32 Å². The summed E-state index contributed by atoms with van der Waals surface area (Å²) in [5, 5.41) is 11.5. The molecule has 0 heterocycles. The minimum atomic E-state index is -1.52. The molecule has 2 N–H and O–H groups in total. The summed E-state index contributed by atoms with van der Waals surface area (Å²) in [5.74, 6) is -5.29. The maximum absolute atomic E-state index is 12.6. The van der Waals surface area contributed by atoms with Crippen LogP contribution in [0.15, 0.2) is 28.7 Å². The SMILES string of the molecule is COC(=O)[C@H](CC(=O)O)[C@H](NC(=O)c1ccc(Br)cc1)C(=O)OC(C)(C)C. The van der Waals surface area contributed by atoms with Crippen molar-refractivity contribution in [3.8, 4) is 0 Å². The molecule has 1 aromatic rings. The lowest BCUT2D eigenvalue weighted by Crippen LogP contribution is -2.51. The number of benzene rings is 1. The molecule has 0 saturated heterocycles. The van der Waals surface area contributed by atoms with E-state index in [-0.39, 0.29) is 5.56 Å². The Bertz CT molecular complexity index is 709. The summed E-state index contributed by atoms with van der Waals surface area (Å²) in [6, 6.07) is 4.76. The zero-order valence-corrected chi connectivity index (χ0v) is 17.0. The predicted molar refractivity (Wildman–Crippen MR) is 99.0 cm³/mol. The average molecular weight is 444 g/mol. The van der Waals surface area contributed by atoms with Crippen molar-refractivity contribution in [1.29, 1.82) is 0 Å². The van der Waals surface area contributed by atoms with E-state index in [0.29, 0.717) is 0 Å². The number of esters is 2. The number of rotatable bonds is 7. The summed E-state index contributed by atoms with van der Waals surface area (Å²) in [5.41, 5.74) is -0.674. The van der Waals surface area contributed by atoms with Crippen LogP contribution in [0.5, 0.6) is 0 Å². The number of aliphatic carboxylic acids is 1. The second-order valence-corrected chi connectivity index (χ2v) is 7.63. The van der Waals surface area contributed by atoms with Gasteiger partial charge in [0.1, 0.15) is 11.6 Å². The Morgan fingerprint density at radius 1 is 1.11 bits per heavy atom. The second kappa shape index (κ2) is 9.50. The molecule has 9 heteroatoms. The van der Waals surface area contributed by atoms with Gasteiger partial charge < -0.3 is 19.9 Å².